The first-order chi connectivity index (χ1) is 10.3. The Morgan fingerprint density at radius 3 is 2.41 bits per heavy atom. The largest absolute Gasteiger partial charge is 0.369 e. The van der Waals surface area contributed by atoms with Gasteiger partial charge in [-0.05, 0) is 36.8 Å². The van der Waals surface area contributed by atoms with Crippen LogP contribution in [0, 0.1) is 11.8 Å². The highest BCUT2D eigenvalue weighted by molar-refractivity contribution is 5.98. The first kappa shape index (κ1) is 16.7. The molecule has 1 N–H and O–H groups in total. The van der Waals surface area contributed by atoms with Crippen LogP contribution in [-0.4, -0.2) is 27.5 Å². The first-order valence-corrected chi connectivity index (χ1v) is 8.00. The molecule has 1 amide bonds. The SMILES string of the molecule is CC(C)CC1=NN(C(=O)c2ccccc2)[C@@](O)(CC(C)C)C1. The number of benzene rings is 1. The normalized spacial score (nSPS) is 21.6. The lowest BCUT2D eigenvalue weighted by atomic mass is 9.93. The molecule has 0 aliphatic carbocycles. The minimum atomic E-state index is -1.20. The van der Waals surface area contributed by atoms with Crippen LogP contribution in [0.4, 0.5) is 0 Å². The maximum Gasteiger partial charge on any atom is 0.276 e. The van der Waals surface area contributed by atoms with Gasteiger partial charge in [0.15, 0.2) is 5.72 Å². The second kappa shape index (κ2) is 6.61. The van der Waals surface area contributed by atoms with Gasteiger partial charge in [0.05, 0.1) is 0 Å². The van der Waals surface area contributed by atoms with Crippen LogP contribution in [0.5, 0.6) is 0 Å². The lowest BCUT2D eigenvalue weighted by Gasteiger charge is -2.32. The molecule has 0 saturated heterocycles. The molecule has 0 bridgehead atoms. The van der Waals surface area contributed by atoms with E-state index in [1.54, 1.807) is 12.1 Å². The van der Waals surface area contributed by atoms with Crippen LogP contribution in [0.2, 0.25) is 0 Å². The van der Waals surface area contributed by atoms with E-state index >= 15 is 0 Å². The van der Waals surface area contributed by atoms with E-state index in [1.807, 2.05) is 32.0 Å². The van der Waals surface area contributed by atoms with Crippen molar-refractivity contribution in [3.05, 3.63) is 35.9 Å². The maximum absolute atomic E-state index is 12.7. The van der Waals surface area contributed by atoms with Gasteiger partial charge in [0.1, 0.15) is 0 Å². The molecule has 0 spiro atoms. The molecule has 4 heteroatoms. The predicted octanol–water partition coefficient (Wildman–Crippen LogP) is 3.67. The molecular weight excluding hydrogens is 276 g/mol. The summed E-state index contributed by atoms with van der Waals surface area (Å²) in [6, 6.07) is 9.03. The number of amides is 1. The Morgan fingerprint density at radius 1 is 1.23 bits per heavy atom. The summed E-state index contributed by atoms with van der Waals surface area (Å²) in [6.45, 7) is 8.32. The molecule has 1 aromatic rings. The summed E-state index contributed by atoms with van der Waals surface area (Å²) < 4.78 is 0. The molecule has 2 rings (SSSR count). The van der Waals surface area contributed by atoms with E-state index in [-0.39, 0.29) is 11.8 Å². The molecule has 1 aliphatic heterocycles. The highest BCUT2D eigenvalue weighted by Crippen LogP contribution is 2.34. The van der Waals surface area contributed by atoms with Crippen molar-refractivity contribution in [1.82, 2.24) is 5.01 Å². The summed E-state index contributed by atoms with van der Waals surface area (Å²) in [6.07, 6.45) is 1.78. The summed E-state index contributed by atoms with van der Waals surface area (Å²) >= 11 is 0. The Bertz CT molecular complexity index is 551. The average Bonchev–Trinajstić information content (AvgIpc) is 2.73. The third-order valence-electron chi connectivity index (χ3n) is 3.71. The quantitative estimate of drug-likeness (QED) is 0.902. The molecule has 0 unspecified atom stereocenters. The van der Waals surface area contributed by atoms with Gasteiger partial charge in [0.2, 0.25) is 0 Å². The fourth-order valence-corrected chi connectivity index (χ4v) is 3.01. The van der Waals surface area contributed by atoms with Crippen LogP contribution < -0.4 is 0 Å². The smallest absolute Gasteiger partial charge is 0.276 e. The van der Waals surface area contributed by atoms with Gasteiger partial charge in [-0.2, -0.15) is 10.1 Å². The van der Waals surface area contributed by atoms with Crippen molar-refractivity contribution in [2.24, 2.45) is 16.9 Å². The molecule has 4 nitrogen and oxygen atoms in total. The lowest BCUT2D eigenvalue weighted by molar-refractivity contribution is -0.0835. The van der Waals surface area contributed by atoms with Crippen molar-refractivity contribution in [3.63, 3.8) is 0 Å². The topological polar surface area (TPSA) is 52.9 Å². The highest BCUT2D eigenvalue weighted by Gasteiger charge is 2.44. The van der Waals surface area contributed by atoms with Crippen LogP contribution in [0.1, 0.15) is 57.3 Å². The Labute approximate surface area is 132 Å². The minimum absolute atomic E-state index is 0.234. The van der Waals surface area contributed by atoms with Crippen LogP contribution in [-0.2, 0) is 0 Å². The molecule has 1 heterocycles. The summed E-state index contributed by atoms with van der Waals surface area (Å²) in [5.74, 6) is 0.501. The van der Waals surface area contributed by atoms with Crippen molar-refractivity contribution in [3.8, 4) is 0 Å². The molecule has 0 radical (unpaired) electrons. The Hall–Kier alpha value is -1.68. The zero-order chi connectivity index (χ0) is 16.3. The van der Waals surface area contributed by atoms with Gasteiger partial charge < -0.3 is 5.11 Å². The number of nitrogens with zero attached hydrogens (tertiary/aromatic N) is 2. The molecule has 0 fully saturated rings. The van der Waals surface area contributed by atoms with Crippen molar-refractivity contribution in [1.29, 1.82) is 0 Å². The van der Waals surface area contributed by atoms with E-state index in [2.05, 4.69) is 18.9 Å². The van der Waals surface area contributed by atoms with Crippen LogP contribution >= 0.6 is 0 Å². The van der Waals surface area contributed by atoms with Crippen molar-refractivity contribution in [2.75, 3.05) is 0 Å². The summed E-state index contributed by atoms with van der Waals surface area (Å²) in [5.41, 5.74) is 0.257. The van der Waals surface area contributed by atoms with Gasteiger partial charge in [-0.1, -0.05) is 45.9 Å². The maximum atomic E-state index is 12.7. The number of carbonyl (C=O) groups is 1. The fourth-order valence-electron chi connectivity index (χ4n) is 3.01. The highest BCUT2D eigenvalue weighted by atomic mass is 16.3. The number of carbonyl (C=O) groups excluding carboxylic acids is 1. The number of aliphatic hydroxyl groups is 1. The zero-order valence-electron chi connectivity index (χ0n) is 13.9. The van der Waals surface area contributed by atoms with Gasteiger partial charge >= 0.3 is 0 Å². The van der Waals surface area contributed by atoms with Gasteiger partial charge in [-0.3, -0.25) is 4.79 Å². The van der Waals surface area contributed by atoms with Crippen LogP contribution in [0.25, 0.3) is 0 Å². The second-order valence-corrected chi connectivity index (χ2v) is 7.00. The third-order valence-corrected chi connectivity index (χ3v) is 3.71. The van der Waals surface area contributed by atoms with E-state index in [0.29, 0.717) is 24.3 Å². The van der Waals surface area contributed by atoms with E-state index in [0.717, 1.165) is 12.1 Å². The van der Waals surface area contributed by atoms with E-state index in [9.17, 15) is 9.90 Å². The Balaban J connectivity index is 2.29. The van der Waals surface area contributed by atoms with Crippen LogP contribution in [0.15, 0.2) is 35.4 Å². The first-order valence-electron chi connectivity index (χ1n) is 8.00. The monoisotopic (exact) mass is 302 g/mol. The van der Waals surface area contributed by atoms with Crippen LogP contribution in [0.3, 0.4) is 0 Å². The predicted molar refractivity (Wildman–Crippen MR) is 88.5 cm³/mol. The summed E-state index contributed by atoms with van der Waals surface area (Å²) in [4.78, 5) is 12.7. The second-order valence-electron chi connectivity index (χ2n) is 7.00. The fraction of sp³-hybridized carbons (Fsp3) is 0.556. The molecular formula is C18H26N2O2. The van der Waals surface area contributed by atoms with E-state index in [4.69, 9.17) is 0 Å². The third kappa shape index (κ3) is 3.74. The molecule has 1 aliphatic rings. The average molecular weight is 302 g/mol. The molecule has 120 valence electrons. The molecule has 1 aromatic carbocycles. The van der Waals surface area contributed by atoms with E-state index < -0.39 is 5.72 Å². The lowest BCUT2D eigenvalue weighted by Crippen LogP contribution is -2.47. The van der Waals surface area contributed by atoms with Gasteiger partial charge in [0, 0.05) is 17.7 Å². The number of rotatable bonds is 5. The van der Waals surface area contributed by atoms with E-state index in [1.165, 1.54) is 5.01 Å². The van der Waals surface area contributed by atoms with Crippen molar-refractivity contribution in [2.45, 2.75) is 52.7 Å². The molecule has 22 heavy (non-hydrogen) atoms. The van der Waals surface area contributed by atoms with Gasteiger partial charge in [-0.15, -0.1) is 0 Å². The summed E-state index contributed by atoms with van der Waals surface area (Å²) in [5, 5.41) is 16.8. The number of hydrazone groups is 1. The molecule has 0 saturated carbocycles. The summed E-state index contributed by atoms with van der Waals surface area (Å²) in [7, 11) is 0. The minimum Gasteiger partial charge on any atom is -0.369 e. The van der Waals surface area contributed by atoms with Crippen molar-refractivity contribution < 1.29 is 9.90 Å². The number of hydrogen-bond donors (Lipinski definition) is 1. The van der Waals surface area contributed by atoms with Crippen molar-refractivity contribution >= 4 is 11.6 Å². The Morgan fingerprint density at radius 2 is 1.86 bits per heavy atom. The van der Waals surface area contributed by atoms with Gasteiger partial charge in [0.25, 0.3) is 5.91 Å². The standard InChI is InChI=1S/C18H26N2O2/c1-13(2)10-16-12-18(22,11-14(3)4)20(19-16)17(21)15-8-6-5-7-9-15/h5-9,13-14,22H,10-12H2,1-4H3/t18-/m1/s1. The molecule has 1 atom stereocenters. The number of hydrogen-bond acceptors (Lipinski definition) is 3. The van der Waals surface area contributed by atoms with Gasteiger partial charge in [-0.25, -0.2) is 0 Å². The zero-order valence-corrected chi connectivity index (χ0v) is 13.9. The molecule has 0 aromatic heterocycles. The Kier molecular flexibility index (Phi) is 5.01.